The fraction of sp³-hybridized carbons (Fsp3) is 0.417. The monoisotopic (exact) mass is 299 g/mol. The van der Waals surface area contributed by atoms with E-state index in [1.165, 1.54) is 5.56 Å². The first-order chi connectivity index (χ1) is 7.58. The van der Waals surface area contributed by atoms with Gasteiger partial charge in [0.2, 0.25) is 0 Å². The maximum Gasteiger partial charge on any atom is 0.142 e. The number of rotatable bonds is 2. The summed E-state index contributed by atoms with van der Waals surface area (Å²) in [6, 6.07) is 6.22. The lowest BCUT2D eigenvalue weighted by atomic mass is 10.1. The Bertz CT molecular complexity index is 468. The molecule has 1 aromatic carbocycles. The van der Waals surface area contributed by atoms with Gasteiger partial charge in [-0.3, -0.25) is 0 Å². The average Bonchev–Trinajstić information content (AvgIpc) is 2.61. The number of benzene rings is 1. The van der Waals surface area contributed by atoms with Gasteiger partial charge in [0.15, 0.2) is 0 Å². The van der Waals surface area contributed by atoms with Crippen LogP contribution in [0.3, 0.4) is 0 Å². The molecule has 0 aromatic heterocycles. The minimum Gasteiger partial charge on any atom is -0.235 e. The van der Waals surface area contributed by atoms with Gasteiger partial charge in [-0.1, -0.05) is 22.0 Å². The molecule has 16 heavy (non-hydrogen) atoms. The summed E-state index contributed by atoms with van der Waals surface area (Å²) in [5.41, 5.74) is 3.45. The standard InChI is InChI=1S/C12H14BrNOS/c1-8(2)16(15)14-12-6-4-9-3-5-10(13)7-11(9)12/h3,5,7-8H,4,6H2,1-2H3. The van der Waals surface area contributed by atoms with E-state index in [2.05, 4.69) is 32.5 Å². The molecule has 1 aliphatic rings. The molecule has 1 aromatic rings. The Labute approximate surface area is 107 Å². The molecular weight excluding hydrogens is 286 g/mol. The molecule has 2 nitrogen and oxygen atoms in total. The Hall–Kier alpha value is -0.480. The number of halogens is 1. The van der Waals surface area contributed by atoms with Gasteiger partial charge in [0.1, 0.15) is 11.0 Å². The van der Waals surface area contributed by atoms with Crippen molar-refractivity contribution in [3.05, 3.63) is 33.8 Å². The lowest BCUT2D eigenvalue weighted by molar-refractivity contribution is 0.678. The molecule has 86 valence electrons. The SMILES string of the molecule is CC(C)S(=O)N=C1CCc2ccc(Br)cc21. The van der Waals surface area contributed by atoms with Crippen molar-refractivity contribution in [1.29, 1.82) is 0 Å². The largest absolute Gasteiger partial charge is 0.235 e. The van der Waals surface area contributed by atoms with Crippen LogP contribution >= 0.6 is 15.9 Å². The molecule has 0 N–H and O–H groups in total. The van der Waals surface area contributed by atoms with Crippen LogP contribution in [0.15, 0.2) is 27.1 Å². The van der Waals surface area contributed by atoms with Crippen LogP contribution in [0.4, 0.5) is 0 Å². The molecule has 0 radical (unpaired) electrons. The summed E-state index contributed by atoms with van der Waals surface area (Å²) < 4.78 is 17.1. The van der Waals surface area contributed by atoms with Gasteiger partial charge >= 0.3 is 0 Å². The molecule has 1 unspecified atom stereocenters. The third kappa shape index (κ3) is 2.43. The molecule has 0 saturated heterocycles. The predicted molar refractivity (Wildman–Crippen MR) is 72.3 cm³/mol. The maximum absolute atomic E-state index is 11.7. The third-order valence-corrected chi connectivity index (χ3v) is 4.32. The Balaban J connectivity index is 2.36. The van der Waals surface area contributed by atoms with E-state index in [1.807, 2.05) is 19.9 Å². The van der Waals surface area contributed by atoms with E-state index in [0.717, 1.165) is 28.6 Å². The first-order valence-electron chi connectivity index (χ1n) is 5.35. The Morgan fingerprint density at radius 2 is 2.12 bits per heavy atom. The second kappa shape index (κ2) is 4.80. The van der Waals surface area contributed by atoms with Gasteiger partial charge in [-0.15, -0.1) is 0 Å². The number of hydrogen-bond donors (Lipinski definition) is 0. The number of aryl methyl sites for hydroxylation is 1. The number of hydrogen-bond acceptors (Lipinski definition) is 1. The van der Waals surface area contributed by atoms with Gasteiger partial charge in [-0.2, -0.15) is 4.40 Å². The lowest BCUT2D eigenvalue weighted by Gasteiger charge is -2.03. The second-order valence-electron chi connectivity index (χ2n) is 4.16. The van der Waals surface area contributed by atoms with Gasteiger partial charge in [-0.05, 0) is 44.4 Å². The summed E-state index contributed by atoms with van der Waals surface area (Å²) in [7, 11) is -1.10. The molecule has 0 spiro atoms. The van der Waals surface area contributed by atoms with Gasteiger partial charge < -0.3 is 0 Å². The summed E-state index contributed by atoms with van der Waals surface area (Å²) in [5, 5.41) is 0.0868. The summed E-state index contributed by atoms with van der Waals surface area (Å²) in [6.45, 7) is 3.86. The van der Waals surface area contributed by atoms with Crippen LogP contribution < -0.4 is 0 Å². The minimum absolute atomic E-state index is 0.0868. The highest BCUT2D eigenvalue weighted by atomic mass is 79.9. The van der Waals surface area contributed by atoms with Crippen LogP contribution in [0.2, 0.25) is 0 Å². The van der Waals surface area contributed by atoms with E-state index in [9.17, 15) is 4.21 Å². The van der Waals surface area contributed by atoms with E-state index >= 15 is 0 Å². The maximum atomic E-state index is 11.7. The average molecular weight is 300 g/mol. The second-order valence-corrected chi connectivity index (χ2v) is 6.76. The van der Waals surface area contributed by atoms with E-state index in [0.29, 0.717) is 0 Å². The zero-order chi connectivity index (χ0) is 11.7. The van der Waals surface area contributed by atoms with Crippen LogP contribution in [-0.2, 0) is 17.4 Å². The van der Waals surface area contributed by atoms with Crippen molar-refractivity contribution in [2.24, 2.45) is 4.40 Å². The molecule has 0 saturated carbocycles. The lowest BCUT2D eigenvalue weighted by Crippen LogP contribution is -2.06. The minimum atomic E-state index is -1.10. The molecule has 4 heteroatoms. The highest BCUT2D eigenvalue weighted by molar-refractivity contribution is 9.10. The van der Waals surface area contributed by atoms with Crippen molar-refractivity contribution in [1.82, 2.24) is 0 Å². The summed E-state index contributed by atoms with van der Waals surface area (Å²) >= 11 is 3.46. The van der Waals surface area contributed by atoms with Crippen molar-refractivity contribution >= 4 is 32.6 Å². The van der Waals surface area contributed by atoms with E-state index in [-0.39, 0.29) is 5.25 Å². The highest BCUT2D eigenvalue weighted by Crippen LogP contribution is 2.26. The van der Waals surface area contributed by atoms with Crippen molar-refractivity contribution in [2.45, 2.75) is 31.9 Å². The normalized spacial score (nSPS) is 19.1. The Morgan fingerprint density at radius 3 is 2.81 bits per heavy atom. The Kier molecular flexibility index (Phi) is 3.60. The molecule has 1 aliphatic carbocycles. The van der Waals surface area contributed by atoms with Gasteiger partial charge in [0, 0.05) is 10.0 Å². The fourth-order valence-corrected chi connectivity index (χ4v) is 2.71. The van der Waals surface area contributed by atoms with Crippen LogP contribution in [0.1, 0.15) is 31.4 Å². The van der Waals surface area contributed by atoms with Crippen LogP contribution in [0.5, 0.6) is 0 Å². The molecule has 0 aliphatic heterocycles. The first kappa shape index (κ1) is 12.0. The molecular formula is C12H14BrNOS. The summed E-state index contributed by atoms with van der Waals surface area (Å²) in [5.74, 6) is 0. The van der Waals surface area contributed by atoms with E-state index < -0.39 is 11.0 Å². The number of nitrogens with zero attached hydrogens (tertiary/aromatic N) is 1. The van der Waals surface area contributed by atoms with Crippen LogP contribution in [0, 0.1) is 0 Å². The van der Waals surface area contributed by atoms with Crippen molar-refractivity contribution < 1.29 is 4.21 Å². The van der Waals surface area contributed by atoms with Crippen LogP contribution in [0.25, 0.3) is 0 Å². The van der Waals surface area contributed by atoms with Crippen molar-refractivity contribution in [2.75, 3.05) is 0 Å². The molecule has 0 fully saturated rings. The summed E-state index contributed by atoms with van der Waals surface area (Å²) in [4.78, 5) is 0. The molecule has 2 rings (SSSR count). The topological polar surface area (TPSA) is 29.4 Å². The predicted octanol–water partition coefficient (Wildman–Crippen LogP) is 3.26. The quantitative estimate of drug-likeness (QED) is 0.824. The number of fused-ring (bicyclic) bond motifs is 1. The van der Waals surface area contributed by atoms with Crippen LogP contribution in [-0.4, -0.2) is 15.2 Å². The fourth-order valence-electron chi connectivity index (χ4n) is 1.73. The zero-order valence-corrected chi connectivity index (χ0v) is 11.8. The van der Waals surface area contributed by atoms with Crippen molar-refractivity contribution in [3.63, 3.8) is 0 Å². The van der Waals surface area contributed by atoms with Gasteiger partial charge in [-0.25, -0.2) is 4.21 Å². The summed E-state index contributed by atoms with van der Waals surface area (Å²) in [6.07, 6.45) is 1.92. The third-order valence-electron chi connectivity index (χ3n) is 2.62. The zero-order valence-electron chi connectivity index (χ0n) is 9.37. The molecule has 0 heterocycles. The molecule has 0 bridgehead atoms. The highest BCUT2D eigenvalue weighted by Gasteiger charge is 2.19. The smallest absolute Gasteiger partial charge is 0.142 e. The first-order valence-corrected chi connectivity index (χ1v) is 7.31. The van der Waals surface area contributed by atoms with E-state index in [4.69, 9.17) is 0 Å². The van der Waals surface area contributed by atoms with Gasteiger partial charge in [0.25, 0.3) is 0 Å². The molecule has 0 amide bonds. The van der Waals surface area contributed by atoms with E-state index in [1.54, 1.807) is 0 Å². The Morgan fingerprint density at radius 1 is 1.38 bits per heavy atom. The van der Waals surface area contributed by atoms with Crippen molar-refractivity contribution in [3.8, 4) is 0 Å². The molecule has 1 atom stereocenters. The van der Waals surface area contributed by atoms with Gasteiger partial charge in [0.05, 0.1) is 11.0 Å².